The second-order valence-electron chi connectivity index (χ2n) is 2.56. The highest BCUT2D eigenvalue weighted by Crippen LogP contribution is 2.09. The summed E-state index contributed by atoms with van der Waals surface area (Å²) in [5, 5.41) is 0.748. The molecule has 0 fully saturated rings. The normalized spacial score (nSPS) is 8.83. The lowest BCUT2D eigenvalue weighted by Gasteiger charge is -1.89. The molecule has 0 N–H and O–H groups in total. The molecule has 0 aromatic heterocycles. The Morgan fingerprint density at radius 2 is 2.25 bits per heavy atom. The van der Waals surface area contributed by atoms with E-state index >= 15 is 0 Å². The summed E-state index contributed by atoms with van der Waals surface area (Å²) >= 11 is 5.79. The van der Waals surface area contributed by atoms with E-state index in [0.717, 1.165) is 23.4 Å². The van der Waals surface area contributed by atoms with Gasteiger partial charge in [-0.05, 0) is 24.6 Å². The SMILES string of the molecule is CCCC#Cc1cccc(Cl)c1. The van der Waals surface area contributed by atoms with Crippen LogP contribution < -0.4 is 0 Å². The molecule has 0 saturated heterocycles. The molecule has 62 valence electrons. The topological polar surface area (TPSA) is 0 Å². The summed E-state index contributed by atoms with van der Waals surface area (Å²) in [7, 11) is 0. The summed E-state index contributed by atoms with van der Waals surface area (Å²) in [6.07, 6.45) is 2.06. The van der Waals surface area contributed by atoms with Crippen LogP contribution in [0.5, 0.6) is 0 Å². The standard InChI is InChI=1S/C11H11Cl/c1-2-3-4-6-10-7-5-8-11(12)9-10/h5,7-9H,2-3H2,1H3. The molecule has 1 aromatic rings. The number of benzene rings is 1. The molecule has 0 aliphatic rings. The van der Waals surface area contributed by atoms with Gasteiger partial charge in [-0.15, -0.1) is 0 Å². The van der Waals surface area contributed by atoms with Crippen LogP contribution in [0, 0.1) is 11.8 Å². The number of halogens is 1. The van der Waals surface area contributed by atoms with Crippen molar-refractivity contribution in [3.63, 3.8) is 0 Å². The molecule has 0 amide bonds. The van der Waals surface area contributed by atoms with Crippen molar-refractivity contribution >= 4 is 11.6 Å². The minimum Gasteiger partial charge on any atom is -0.0979 e. The van der Waals surface area contributed by atoms with Crippen LogP contribution in [0.25, 0.3) is 0 Å². The largest absolute Gasteiger partial charge is 0.0979 e. The van der Waals surface area contributed by atoms with Crippen LogP contribution in [0.1, 0.15) is 25.3 Å². The van der Waals surface area contributed by atoms with Gasteiger partial charge in [0.2, 0.25) is 0 Å². The molecule has 0 aliphatic carbocycles. The molecule has 0 aliphatic heterocycles. The van der Waals surface area contributed by atoms with Crippen molar-refractivity contribution in [1.82, 2.24) is 0 Å². The average Bonchev–Trinajstić information content (AvgIpc) is 2.05. The van der Waals surface area contributed by atoms with Crippen LogP contribution in [-0.2, 0) is 0 Å². The Labute approximate surface area is 78.6 Å². The fourth-order valence-electron chi connectivity index (χ4n) is 0.856. The van der Waals surface area contributed by atoms with Crippen molar-refractivity contribution in [3.8, 4) is 11.8 Å². The second-order valence-corrected chi connectivity index (χ2v) is 3.00. The van der Waals surface area contributed by atoms with Gasteiger partial charge in [0.05, 0.1) is 0 Å². The van der Waals surface area contributed by atoms with Gasteiger partial charge in [-0.1, -0.05) is 36.4 Å². The lowest BCUT2D eigenvalue weighted by molar-refractivity contribution is 0.983. The minimum absolute atomic E-state index is 0.748. The maximum Gasteiger partial charge on any atom is 0.0418 e. The monoisotopic (exact) mass is 178 g/mol. The highest BCUT2D eigenvalue weighted by Gasteiger charge is 1.87. The summed E-state index contributed by atoms with van der Waals surface area (Å²) < 4.78 is 0. The summed E-state index contributed by atoms with van der Waals surface area (Å²) in [5.41, 5.74) is 0.996. The van der Waals surface area contributed by atoms with E-state index in [-0.39, 0.29) is 0 Å². The average molecular weight is 179 g/mol. The lowest BCUT2D eigenvalue weighted by atomic mass is 10.2. The van der Waals surface area contributed by atoms with Crippen molar-refractivity contribution in [3.05, 3.63) is 34.9 Å². The van der Waals surface area contributed by atoms with Crippen molar-refractivity contribution in [2.45, 2.75) is 19.8 Å². The van der Waals surface area contributed by atoms with Gasteiger partial charge >= 0.3 is 0 Å². The van der Waals surface area contributed by atoms with Crippen LogP contribution in [0.3, 0.4) is 0 Å². The number of unbranched alkanes of at least 4 members (excludes halogenated alkanes) is 1. The van der Waals surface area contributed by atoms with E-state index in [1.165, 1.54) is 0 Å². The Morgan fingerprint density at radius 1 is 1.42 bits per heavy atom. The van der Waals surface area contributed by atoms with Crippen LogP contribution in [0.4, 0.5) is 0 Å². The highest BCUT2D eigenvalue weighted by molar-refractivity contribution is 6.30. The van der Waals surface area contributed by atoms with E-state index < -0.39 is 0 Å². The predicted molar refractivity (Wildman–Crippen MR) is 53.2 cm³/mol. The third kappa shape index (κ3) is 2.98. The zero-order chi connectivity index (χ0) is 8.81. The summed E-state index contributed by atoms with van der Waals surface area (Å²) in [4.78, 5) is 0. The zero-order valence-electron chi connectivity index (χ0n) is 7.10. The fraction of sp³-hybridized carbons (Fsp3) is 0.273. The van der Waals surface area contributed by atoms with Gasteiger partial charge < -0.3 is 0 Å². The van der Waals surface area contributed by atoms with E-state index in [2.05, 4.69) is 18.8 Å². The van der Waals surface area contributed by atoms with E-state index in [0.29, 0.717) is 0 Å². The first-order chi connectivity index (χ1) is 5.83. The Hall–Kier alpha value is -0.930. The molecule has 0 saturated carbocycles. The first-order valence-corrected chi connectivity index (χ1v) is 4.45. The summed E-state index contributed by atoms with van der Waals surface area (Å²) in [6.45, 7) is 2.12. The van der Waals surface area contributed by atoms with Crippen LogP contribution in [0.15, 0.2) is 24.3 Å². The van der Waals surface area contributed by atoms with E-state index in [1.807, 2.05) is 24.3 Å². The van der Waals surface area contributed by atoms with Crippen LogP contribution >= 0.6 is 11.6 Å². The minimum atomic E-state index is 0.748. The third-order valence-corrected chi connectivity index (χ3v) is 1.67. The molecule has 0 spiro atoms. The van der Waals surface area contributed by atoms with Crippen molar-refractivity contribution in [2.24, 2.45) is 0 Å². The molecule has 0 bridgehead atoms. The predicted octanol–water partition coefficient (Wildman–Crippen LogP) is 3.49. The van der Waals surface area contributed by atoms with Crippen LogP contribution in [0.2, 0.25) is 5.02 Å². The molecule has 0 heterocycles. The summed E-state index contributed by atoms with van der Waals surface area (Å²) in [6, 6.07) is 7.61. The van der Waals surface area contributed by atoms with Gasteiger partial charge in [0.15, 0.2) is 0 Å². The van der Waals surface area contributed by atoms with Gasteiger partial charge in [0.25, 0.3) is 0 Å². The Balaban J connectivity index is 2.71. The van der Waals surface area contributed by atoms with Crippen molar-refractivity contribution < 1.29 is 0 Å². The van der Waals surface area contributed by atoms with Gasteiger partial charge in [-0.2, -0.15) is 0 Å². The molecular formula is C11H11Cl. The molecular weight excluding hydrogens is 168 g/mol. The smallest absolute Gasteiger partial charge is 0.0418 e. The quantitative estimate of drug-likeness (QED) is 0.578. The van der Waals surface area contributed by atoms with E-state index in [9.17, 15) is 0 Å². The maximum atomic E-state index is 5.79. The Bertz CT molecular complexity index is 304. The second kappa shape index (κ2) is 4.85. The highest BCUT2D eigenvalue weighted by atomic mass is 35.5. The molecule has 12 heavy (non-hydrogen) atoms. The van der Waals surface area contributed by atoms with Crippen molar-refractivity contribution in [2.75, 3.05) is 0 Å². The Morgan fingerprint density at radius 3 is 2.92 bits per heavy atom. The van der Waals surface area contributed by atoms with Gasteiger partial charge in [0, 0.05) is 17.0 Å². The third-order valence-electron chi connectivity index (χ3n) is 1.43. The maximum absolute atomic E-state index is 5.79. The molecule has 0 nitrogen and oxygen atoms in total. The number of hydrogen-bond donors (Lipinski definition) is 0. The first-order valence-electron chi connectivity index (χ1n) is 4.07. The molecule has 1 heteroatoms. The van der Waals surface area contributed by atoms with Gasteiger partial charge in [-0.3, -0.25) is 0 Å². The lowest BCUT2D eigenvalue weighted by Crippen LogP contribution is -1.72. The first kappa shape index (κ1) is 9.16. The van der Waals surface area contributed by atoms with Gasteiger partial charge in [-0.25, -0.2) is 0 Å². The number of rotatable bonds is 1. The van der Waals surface area contributed by atoms with Crippen molar-refractivity contribution in [1.29, 1.82) is 0 Å². The van der Waals surface area contributed by atoms with Gasteiger partial charge in [0.1, 0.15) is 0 Å². The molecule has 0 atom stereocenters. The molecule has 0 unspecified atom stereocenters. The van der Waals surface area contributed by atoms with E-state index in [1.54, 1.807) is 0 Å². The Kier molecular flexibility index (Phi) is 3.70. The fourth-order valence-corrected chi connectivity index (χ4v) is 1.05. The molecule has 0 radical (unpaired) electrons. The summed E-state index contributed by atoms with van der Waals surface area (Å²) in [5.74, 6) is 6.12. The van der Waals surface area contributed by atoms with E-state index in [4.69, 9.17) is 11.6 Å². The molecule has 1 rings (SSSR count). The zero-order valence-corrected chi connectivity index (χ0v) is 7.86. The van der Waals surface area contributed by atoms with Crippen LogP contribution in [-0.4, -0.2) is 0 Å². The molecule has 1 aromatic carbocycles. The number of hydrogen-bond acceptors (Lipinski definition) is 0.